The highest BCUT2D eigenvalue weighted by Gasteiger charge is 2.38. The van der Waals surface area contributed by atoms with Crippen LogP contribution in [-0.2, 0) is 0 Å². The Morgan fingerprint density at radius 3 is 2.07 bits per heavy atom. The molecule has 0 saturated carbocycles. The predicted molar refractivity (Wildman–Crippen MR) is 66.4 cm³/mol. The summed E-state index contributed by atoms with van der Waals surface area (Å²) in [6, 6.07) is 0. The van der Waals surface area contributed by atoms with E-state index < -0.39 is 0 Å². The molecule has 0 bridgehead atoms. The third-order valence-corrected chi connectivity index (χ3v) is 3.82. The zero-order valence-corrected chi connectivity index (χ0v) is 11.1. The zero-order valence-electron chi connectivity index (χ0n) is 11.1. The summed E-state index contributed by atoms with van der Waals surface area (Å²) in [5.74, 6) is 1.59. The molecule has 1 aliphatic carbocycles. The molecule has 0 heteroatoms. The van der Waals surface area contributed by atoms with E-state index in [1.807, 2.05) is 13.8 Å². The first-order chi connectivity index (χ1) is 6.50. The average Bonchev–Trinajstić information content (AvgIpc) is 2.35. The van der Waals surface area contributed by atoms with Crippen molar-refractivity contribution in [2.75, 3.05) is 0 Å². The molecule has 0 nitrogen and oxygen atoms in total. The largest absolute Gasteiger partial charge is 0.0816 e. The van der Waals surface area contributed by atoms with Gasteiger partial charge in [0.15, 0.2) is 0 Å². The molecular weight excluding hydrogens is 168 g/mol. The van der Waals surface area contributed by atoms with Crippen LogP contribution >= 0.6 is 0 Å². The second kappa shape index (κ2) is 5.58. The van der Waals surface area contributed by atoms with E-state index in [1.54, 1.807) is 5.57 Å². The molecule has 0 aromatic heterocycles. The molecule has 1 rings (SSSR count). The van der Waals surface area contributed by atoms with Gasteiger partial charge in [-0.1, -0.05) is 59.6 Å². The number of hydrogen-bond acceptors (Lipinski definition) is 0. The summed E-state index contributed by atoms with van der Waals surface area (Å²) in [4.78, 5) is 0. The van der Waals surface area contributed by atoms with Crippen LogP contribution in [0.25, 0.3) is 0 Å². The van der Waals surface area contributed by atoms with E-state index in [2.05, 4.69) is 40.7 Å². The van der Waals surface area contributed by atoms with Gasteiger partial charge < -0.3 is 0 Å². The Bertz CT molecular complexity index is 186. The molecule has 0 radical (unpaired) electrons. The maximum absolute atomic E-state index is 2.49. The molecule has 2 atom stereocenters. The topological polar surface area (TPSA) is 0 Å². The molecule has 0 saturated heterocycles. The lowest BCUT2D eigenvalue weighted by atomic mass is 9.73. The molecular formula is C14H28. The minimum atomic E-state index is 0.500. The molecule has 1 aliphatic rings. The minimum absolute atomic E-state index is 0.500. The fourth-order valence-corrected chi connectivity index (χ4v) is 2.35. The summed E-state index contributed by atoms with van der Waals surface area (Å²) in [6.07, 6.45) is 5.16. The SMILES string of the molecule is CC.CCCC1C=C(C)C(C)C1(C)C. The lowest BCUT2D eigenvalue weighted by Crippen LogP contribution is -2.24. The molecule has 0 aliphatic heterocycles. The maximum Gasteiger partial charge on any atom is -0.0174 e. The Hall–Kier alpha value is -0.260. The van der Waals surface area contributed by atoms with Crippen molar-refractivity contribution in [2.24, 2.45) is 17.3 Å². The smallest absolute Gasteiger partial charge is 0.0174 e. The molecule has 0 heterocycles. The predicted octanol–water partition coefficient (Wildman–Crippen LogP) is 5.05. The van der Waals surface area contributed by atoms with Crippen LogP contribution in [0.3, 0.4) is 0 Å². The number of allylic oxidation sites excluding steroid dienone is 2. The van der Waals surface area contributed by atoms with Crippen LogP contribution in [0.4, 0.5) is 0 Å². The Labute approximate surface area is 90.8 Å². The molecule has 0 fully saturated rings. The van der Waals surface area contributed by atoms with Crippen LogP contribution in [0.15, 0.2) is 11.6 Å². The molecule has 14 heavy (non-hydrogen) atoms. The Morgan fingerprint density at radius 1 is 1.29 bits per heavy atom. The summed E-state index contributed by atoms with van der Waals surface area (Å²) in [5.41, 5.74) is 2.10. The third-order valence-electron chi connectivity index (χ3n) is 3.82. The van der Waals surface area contributed by atoms with Crippen molar-refractivity contribution in [3.05, 3.63) is 11.6 Å². The van der Waals surface area contributed by atoms with Gasteiger partial charge >= 0.3 is 0 Å². The van der Waals surface area contributed by atoms with Crippen LogP contribution in [0.1, 0.15) is 61.3 Å². The van der Waals surface area contributed by atoms with Crippen LogP contribution in [0.5, 0.6) is 0 Å². The molecule has 0 aromatic rings. The number of rotatable bonds is 2. The van der Waals surface area contributed by atoms with E-state index >= 15 is 0 Å². The van der Waals surface area contributed by atoms with Crippen molar-refractivity contribution in [3.63, 3.8) is 0 Å². The van der Waals surface area contributed by atoms with E-state index in [0.717, 1.165) is 11.8 Å². The third kappa shape index (κ3) is 2.62. The molecule has 0 N–H and O–H groups in total. The van der Waals surface area contributed by atoms with Crippen LogP contribution in [0, 0.1) is 17.3 Å². The highest BCUT2D eigenvalue weighted by Crippen LogP contribution is 2.47. The van der Waals surface area contributed by atoms with Crippen molar-refractivity contribution in [3.8, 4) is 0 Å². The second-order valence-electron chi connectivity index (χ2n) is 4.85. The molecule has 84 valence electrons. The van der Waals surface area contributed by atoms with Crippen LogP contribution in [-0.4, -0.2) is 0 Å². The van der Waals surface area contributed by atoms with Gasteiger partial charge in [-0.15, -0.1) is 0 Å². The summed E-state index contributed by atoms with van der Waals surface area (Å²) >= 11 is 0. The zero-order chi connectivity index (χ0) is 11.4. The van der Waals surface area contributed by atoms with Crippen molar-refractivity contribution in [2.45, 2.75) is 61.3 Å². The highest BCUT2D eigenvalue weighted by molar-refractivity contribution is 5.18. The van der Waals surface area contributed by atoms with Gasteiger partial charge in [0.05, 0.1) is 0 Å². The Balaban J connectivity index is 0.000000791. The fraction of sp³-hybridized carbons (Fsp3) is 0.857. The van der Waals surface area contributed by atoms with E-state index in [9.17, 15) is 0 Å². The lowest BCUT2D eigenvalue weighted by Gasteiger charge is -2.32. The van der Waals surface area contributed by atoms with Gasteiger partial charge in [-0.2, -0.15) is 0 Å². The quantitative estimate of drug-likeness (QED) is 0.542. The highest BCUT2D eigenvalue weighted by atomic mass is 14.4. The van der Waals surface area contributed by atoms with Crippen molar-refractivity contribution < 1.29 is 0 Å². The molecule has 2 unspecified atom stereocenters. The van der Waals surface area contributed by atoms with Gasteiger partial charge in [0.1, 0.15) is 0 Å². The monoisotopic (exact) mass is 196 g/mol. The molecule has 0 spiro atoms. The Kier molecular flexibility index (Phi) is 5.48. The standard InChI is InChI=1S/C12H22.C2H6/c1-6-7-11-8-9(2)10(3)12(11,4)5;1-2/h8,10-11H,6-7H2,1-5H3;1-2H3. The first-order valence-electron chi connectivity index (χ1n) is 6.18. The second-order valence-corrected chi connectivity index (χ2v) is 4.85. The maximum atomic E-state index is 2.49. The van der Waals surface area contributed by atoms with E-state index in [0.29, 0.717) is 5.41 Å². The van der Waals surface area contributed by atoms with E-state index in [-0.39, 0.29) is 0 Å². The van der Waals surface area contributed by atoms with Gasteiger partial charge in [-0.25, -0.2) is 0 Å². The van der Waals surface area contributed by atoms with Crippen LogP contribution < -0.4 is 0 Å². The van der Waals surface area contributed by atoms with Gasteiger partial charge in [-0.05, 0) is 30.6 Å². The first kappa shape index (κ1) is 13.7. The average molecular weight is 196 g/mol. The summed E-state index contributed by atoms with van der Waals surface area (Å²) in [7, 11) is 0. The van der Waals surface area contributed by atoms with Crippen molar-refractivity contribution >= 4 is 0 Å². The normalized spacial score (nSPS) is 29.2. The van der Waals surface area contributed by atoms with Crippen molar-refractivity contribution in [1.82, 2.24) is 0 Å². The van der Waals surface area contributed by atoms with Crippen LogP contribution in [0.2, 0.25) is 0 Å². The van der Waals surface area contributed by atoms with Gasteiger partial charge in [0, 0.05) is 0 Å². The first-order valence-corrected chi connectivity index (χ1v) is 6.18. The Morgan fingerprint density at radius 2 is 1.79 bits per heavy atom. The van der Waals surface area contributed by atoms with Crippen molar-refractivity contribution in [1.29, 1.82) is 0 Å². The fourth-order valence-electron chi connectivity index (χ4n) is 2.35. The van der Waals surface area contributed by atoms with E-state index in [4.69, 9.17) is 0 Å². The lowest BCUT2D eigenvalue weighted by molar-refractivity contribution is 0.202. The van der Waals surface area contributed by atoms with Gasteiger partial charge in [-0.3, -0.25) is 0 Å². The summed E-state index contributed by atoms with van der Waals surface area (Å²) < 4.78 is 0. The van der Waals surface area contributed by atoms with E-state index in [1.165, 1.54) is 12.8 Å². The summed E-state index contributed by atoms with van der Waals surface area (Å²) in [5, 5.41) is 0. The minimum Gasteiger partial charge on any atom is -0.0816 e. The molecule has 0 amide bonds. The van der Waals surface area contributed by atoms with Gasteiger partial charge in [0.25, 0.3) is 0 Å². The van der Waals surface area contributed by atoms with Gasteiger partial charge in [0.2, 0.25) is 0 Å². The summed E-state index contributed by atoms with van der Waals surface area (Å²) in [6.45, 7) is 15.7. The number of hydrogen-bond donors (Lipinski definition) is 0. The molecule has 0 aromatic carbocycles.